The summed E-state index contributed by atoms with van der Waals surface area (Å²) >= 11 is 0. The molecule has 1 heterocycles. The molecule has 1 aliphatic heterocycles. The van der Waals surface area contributed by atoms with Crippen LogP contribution in [0.3, 0.4) is 0 Å². The minimum Gasteiger partial charge on any atom is -0.465 e. The summed E-state index contributed by atoms with van der Waals surface area (Å²) in [5.41, 5.74) is -1.03. The Kier molecular flexibility index (Phi) is 5.59. The highest BCUT2D eigenvalue weighted by Gasteiger charge is 2.47. The summed E-state index contributed by atoms with van der Waals surface area (Å²) in [6.45, 7) is 9.09. The van der Waals surface area contributed by atoms with Gasteiger partial charge in [0.15, 0.2) is 0 Å². The molecule has 6 nitrogen and oxygen atoms in total. The summed E-state index contributed by atoms with van der Waals surface area (Å²) in [6.07, 6.45) is 0.677. The second kappa shape index (κ2) is 6.67. The van der Waals surface area contributed by atoms with Gasteiger partial charge >= 0.3 is 12.1 Å². The van der Waals surface area contributed by atoms with Crippen molar-refractivity contribution in [2.75, 3.05) is 6.54 Å². The van der Waals surface area contributed by atoms with Crippen molar-refractivity contribution < 1.29 is 24.2 Å². The predicted octanol–water partition coefficient (Wildman–Crippen LogP) is 2.85. The largest absolute Gasteiger partial charge is 0.465 e. The Morgan fingerprint density at radius 2 is 1.86 bits per heavy atom. The maximum absolute atomic E-state index is 11.5. The molecule has 0 aromatic carbocycles. The van der Waals surface area contributed by atoms with E-state index < -0.39 is 11.7 Å². The average Bonchev–Trinajstić information content (AvgIpc) is 2.34. The second-order valence-corrected chi connectivity index (χ2v) is 7.29. The van der Waals surface area contributed by atoms with Gasteiger partial charge in [-0.15, -0.1) is 0 Å². The van der Waals surface area contributed by atoms with Crippen LogP contribution >= 0.6 is 0 Å². The molecule has 0 aromatic rings. The van der Waals surface area contributed by atoms with Crippen LogP contribution in [0.25, 0.3) is 0 Å². The van der Waals surface area contributed by atoms with Crippen LogP contribution in [-0.2, 0) is 14.3 Å². The van der Waals surface area contributed by atoms with Gasteiger partial charge in [0.2, 0.25) is 0 Å². The number of hydrogen-bond donors (Lipinski definition) is 1. The molecule has 0 aliphatic carbocycles. The molecule has 1 amide bonds. The molecule has 0 bridgehead atoms. The molecule has 1 N–H and O–H groups in total. The van der Waals surface area contributed by atoms with Crippen molar-refractivity contribution in [3.05, 3.63) is 0 Å². The first-order valence-corrected chi connectivity index (χ1v) is 7.65. The fourth-order valence-corrected chi connectivity index (χ4v) is 3.13. The van der Waals surface area contributed by atoms with Crippen LogP contribution < -0.4 is 0 Å². The Labute approximate surface area is 131 Å². The van der Waals surface area contributed by atoms with E-state index in [1.165, 1.54) is 18.7 Å². The number of carbonyl (C=O) groups excluding carboxylic acids is 2. The quantitative estimate of drug-likeness (QED) is 0.807. The Morgan fingerprint density at radius 1 is 1.27 bits per heavy atom. The van der Waals surface area contributed by atoms with Crippen molar-refractivity contribution in [1.29, 1.82) is 0 Å². The molecule has 0 aromatic heterocycles. The van der Waals surface area contributed by atoms with Gasteiger partial charge in [0, 0.05) is 38.8 Å². The zero-order valence-corrected chi connectivity index (χ0v) is 14.1. The smallest absolute Gasteiger partial charge is 0.407 e. The van der Waals surface area contributed by atoms with Crippen molar-refractivity contribution in [2.45, 2.75) is 71.9 Å². The van der Waals surface area contributed by atoms with E-state index in [0.29, 0.717) is 32.2 Å². The van der Waals surface area contributed by atoms with Crippen LogP contribution in [0, 0.1) is 5.41 Å². The molecular weight excluding hydrogens is 286 g/mol. The normalized spacial score (nSPS) is 25.7. The molecule has 1 aliphatic rings. The maximum atomic E-state index is 11.5. The summed E-state index contributed by atoms with van der Waals surface area (Å²) in [6, 6.07) is -0.259. The predicted molar refractivity (Wildman–Crippen MR) is 81.6 cm³/mol. The molecule has 1 saturated heterocycles. The van der Waals surface area contributed by atoms with E-state index in [4.69, 9.17) is 4.74 Å². The number of rotatable bonds is 4. The molecule has 0 spiro atoms. The standard InChI is InChI=1S/C16H27NO5/c1-11(18)6-7-16(22-12(2)19)8-9-17(14(20)21)13(10-16)15(3,4)5/h13H,6-10H2,1-5H3,(H,20,21). The minimum absolute atomic E-state index is 0.0412. The summed E-state index contributed by atoms with van der Waals surface area (Å²) < 4.78 is 5.57. The lowest BCUT2D eigenvalue weighted by Gasteiger charge is -2.49. The van der Waals surface area contributed by atoms with Crippen molar-refractivity contribution in [1.82, 2.24) is 4.90 Å². The van der Waals surface area contributed by atoms with Crippen molar-refractivity contribution >= 4 is 17.8 Å². The maximum Gasteiger partial charge on any atom is 0.407 e. The molecule has 1 fully saturated rings. The van der Waals surface area contributed by atoms with Crippen LogP contribution in [-0.4, -0.2) is 46.0 Å². The summed E-state index contributed by atoms with van der Waals surface area (Å²) in [4.78, 5) is 35.7. The van der Waals surface area contributed by atoms with E-state index in [1.54, 1.807) is 0 Å². The third-order valence-electron chi connectivity index (χ3n) is 4.29. The molecule has 0 radical (unpaired) electrons. The van der Waals surface area contributed by atoms with Gasteiger partial charge in [0.05, 0.1) is 0 Å². The van der Waals surface area contributed by atoms with Crippen molar-refractivity contribution in [3.63, 3.8) is 0 Å². The Balaban J connectivity index is 3.06. The molecule has 126 valence electrons. The summed E-state index contributed by atoms with van der Waals surface area (Å²) in [5.74, 6) is -0.348. The fraction of sp³-hybridized carbons (Fsp3) is 0.812. The first-order valence-electron chi connectivity index (χ1n) is 7.65. The van der Waals surface area contributed by atoms with E-state index in [-0.39, 0.29) is 23.2 Å². The van der Waals surface area contributed by atoms with Gasteiger partial charge in [-0.05, 0) is 18.8 Å². The number of Topliss-reactive ketones (excluding diaryl/α,β-unsaturated/α-hetero) is 1. The van der Waals surface area contributed by atoms with Crippen molar-refractivity contribution in [3.8, 4) is 0 Å². The summed E-state index contributed by atoms with van der Waals surface area (Å²) in [5, 5.41) is 9.41. The number of carbonyl (C=O) groups is 3. The molecule has 0 saturated carbocycles. The van der Waals surface area contributed by atoms with Crippen LogP contribution in [0.1, 0.15) is 60.3 Å². The van der Waals surface area contributed by atoms with Crippen LogP contribution in [0.4, 0.5) is 4.79 Å². The zero-order valence-electron chi connectivity index (χ0n) is 14.1. The first-order chi connectivity index (χ1) is 9.97. The number of likely N-dealkylation sites (tertiary alicyclic amines) is 1. The van der Waals surface area contributed by atoms with Gasteiger partial charge in [0.25, 0.3) is 0 Å². The fourth-order valence-electron chi connectivity index (χ4n) is 3.13. The Morgan fingerprint density at radius 3 is 2.27 bits per heavy atom. The number of esters is 1. The highest BCUT2D eigenvalue weighted by Crippen LogP contribution is 2.41. The third kappa shape index (κ3) is 4.71. The van der Waals surface area contributed by atoms with Crippen LogP contribution in [0.5, 0.6) is 0 Å². The molecule has 22 heavy (non-hydrogen) atoms. The number of hydrogen-bond acceptors (Lipinski definition) is 4. The lowest BCUT2D eigenvalue weighted by atomic mass is 9.73. The van der Waals surface area contributed by atoms with E-state index in [2.05, 4.69) is 0 Å². The van der Waals surface area contributed by atoms with E-state index in [1.807, 2.05) is 20.8 Å². The molecular formula is C16H27NO5. The zero-order chi connectivity index (χ0) is 17.1. The van der Waals surface area contributed by atoms with Gasteiger partial charge in [-0.2, -0.15) is 0 Å². The van der Waals surface area contributed by atoms with Crippen LogP contribution in [0.2, 0.25) is 0 Å². The minimum atomic E-state index is -0.956. The number of ketones is 1. The number of nitrogens with zero attached hydrogens (tertiary/aromatic N) is 1. The Bertz CT molecular complexity index is 454. The van der Waals surface area contributed by atoms with E-state index >= 15 is 0 Å². The van der Waals surface area contributed by atoms with Gasteiger partial charge in [-0.3, -0.25) is 4.79 Å². The summed E-state index contributed by atoms with van der Waals surface area (Å²) in [7, 11) is 0. The molecule has 2 unspecified atom stereocenters. The number of piperidine rings is 1. The first kappa shape index (κ1) is 18.5. The SMILES string of the molecule is CC(=O)CCC1(OC(C)=O)CCN(C(=O)O)C(C(C)(C)C)C1. The lowest BCUT2D eigenvalue weighted by molar-refractivity contribution is -0.168. The number of amides is 1. The molecule has 2 atom stereocenters. The molecule has 1 rings (SSSR count). The van der Waals surface area contributed by atoms with E-state index in [9.17, 15) is 19.5 Å². The Hall–Kier alpha value is -1.59. The van der Waals surface area contributed by atoms with Gasteiger partial charge in [-0.1, -0.05) is 20.8 Å². The van der Waals surface area contributed by atoms with Gasteiger partial charge in [0.1, 0.15) is 11.4 Å². The third-order valence-corrected chi connectivity index (χ3v) is 4.29. The number of ether oxygens (including phenoxy) is 1. The highest BCUT2D eigenvalue weighted by atomic mass is 16.6. The van der Waals surface area contributed by atoms with Gasteiger partial charge < -0.3 is 19.5 Å². The monoisotopic (exact) mass is 313 g/mol. The lowest BCUT2D eigenvalue weighted by Crippen LogP contribution is -2.58. The van der Waals surface area contributed by atoms with Crippen molar-refractivity contribution in [2.24, 2.45) is 5.41 Å². The van der Waals surface area contributed by atoms with Gasteiger partial charge in [-0.25, -0.2) is 4.79 Å². The van der Waals surface area contributed by atoms with E-state index in [0.717, 1.165) is 0 Å². The highest BCUT2D eigenvalue weighted by molar-refractivity contribution is 5.75. The van der Waals surface area contributed by atoms with Crippen LogP contribution in [0.15, 0.2) is 0 Å². The average molecular weight is 313 g/mol. The second-order valence-electron chi connectivity index (χ2n) is 7.29. The molecule has 6 heteroatoms. The number of carboxylic acid groups (broad SMARTS) is 1. The topological polar surface area (TPSA) is 83.9 Å².